The molecule has 1 aliphatic heterocycles. The number of carbonyl (C=O) groups excluding carboxylic acids is 1. The van der Waals surface area contributed by atoms with Crippen molar-refractivity contribution in [3.05, 3.63) is 63.8 Å². The first-order chi connectivity index (χ1) is 11.9. The number of fused-ring (bicyclic) bond motifs is 1. The summed E-state index contributed by atoms with van der Waals surface area (Å²) in [6.45, 7) is 0. The summed E-state index contributed by atoms with van der Waals surface area (Å²) in [6, 6.07) is 9.55. The lowest BCUT2D eigenvalue weighted by atomic mass is 10.1. The maximum atomic E-state index is 12.3. The van der Waals surface area contributed by atoms with E-state index in [0.29, 0.717) is 11.1 Å². The molecule has 1 amide bonds. The molecule has 0 bridgehead atoms. The Morgan fingerprint density at radius 1 is 1.32 bits per heavy atom. The fourth-order valence-corrected chi connectivity index (χ4v) is 3.64. The lowest BCUT2D eigenvalue weighted by Crippen LogP contribution is -2.13. The highest BCUT2D eigenvalue weighted by Gasteiger charge is 2.21. The predicted molar refractivity (Wildman–Crippen MR) is 94.1 cm³/mol. The number of rotatable bonds is 3. The van der Waals surface area contributed by atoms with E-state index in [2.05, 4.69) is 10.3 Å². The number of hydrogen-bond donors (Lipinski definition) is 1. The number of anilines is 1. The van der Waals surface area contributed by atoms with Gasteiger partial charge in [0, 0.05) is 22.9 Å². The molecule has 1 aromatic heterocycles. The molecule has 1 aromatic carbocycles. The molecule has 8 heteroatoms. The number of sulfone groups is 1. The fourth-order valence-electron chi connectivity index (χ4n) is 2.24. The molecule has 0 unspecified atom stereocenters. The molecule has 2 heterocycles. The van der Waals surface area contributed by atoms with E-state index in [0.717, 1.165) is 5.41 Å². The van der Waals surface area contributed by atoms with E-state index >= 15 is 0 Å². The molecular formula is C17H10ClN3O3S. The number of carbonyl (C=O) groups is 1. The number of pyridine rings is 1. The van der Waals surface area contributed by atoms with Crippen LogP contribution in [0.15, 0.2) is 52.4 Å². The molecule has 0 spiro atoms. The molecule has 3 rings (SSSR count). The molecule has 25 heavy (non-hydrogen) atoms. The van der Waals surface area contributed by atoms with Crippen LogP contribution in [-0.2, 0) is 14.6 Å². The zero-order valence-corrected chi connectivity index (χ0v) is 14.2. The van der Waals surface area contributed by atoms with Gasteiger partial charge in [-0.3, -0.25) is 4.79 Å². The van der Waals surface area contributed by atoms with Crippen LogP contribution in [0.2, 0.25) is 5.15 Å². The third-order valence-electron chi connectivity index (χ3n) is 3.46. The Kier molecular flexibility index (Phi) is 4.40. The summed E-state index contributed by atoms with van der Waals surface area (Å²) in [6.07, 6.45) is 4.29. The molecule has 0 saturated carbocycles. The second-order valence-electron chi connectivity index (χ2n) is 5.11. The third-order valence-corrected chi connectivity index (χ3v) is 5.23. The van der Waals surface area contributed by atoms with Crippen molar-refractivity contribution in [2.75, 3.05) is 5.32 Å². The summed E-state index contributed by atoms with van der Waals surface area (Å²) < 4.78 is 23.7. The summed E-state index contributed by atoms with van der Waals surface area (Å²) >= 11 is 5.92. The van der Waals surface area contributed by atoms with Gasteiger partial charge in [-0.1, -0.05) is 23.7 Å². The quantitative estimate of drug-likeness (QED) is 0.507. The van der Waals surface area contributed by atoms with Crippen LogP contribution in [0.25, 0.3) is 12.2 Å². The normalized spacial score (nSPS) is 14.6. The Labute approximate surface area is 149 Å². The number of amides is 1. The lowest BCUT2D eigenvalue weighted by Gasteiger charge is -2.07. The topological polar surface area (TPSA) is 99.9 Å². The van der Waals surface area contributed by atoms with Crippen LogP contribution in [0.4, 0.5) is 5.69 Å². The molecule has 0 fully saturated rings. The van der Waals surface area contributed by atoms with Crippen molar-refractivity contribution in [2.24, 2.45) is 0 Å². The average molecular weight is 372 g/mol. The molecule has 1 aliphatic rings. The van der Waals surface area contributed by atoms with Crippen LogP contribution in [0.5, 0.6) is 0 Å². The smallest absolute Gasteiger partial charge is 0.266 e. The number of nitriles is 1. The van der Waals surface area contributed by atoms with E-state index in [4.69, 9.17) is 11.6 Å². The van der Waals surface area contributed by atoms with E-state index < -0.39 is 15.7 Å². The standard InChI is InChI=1S/C17H10ClN3O3S/c18-16-12(2-1-6-20-16)8-13(10-19)17(22)21-14-4-3-11-5-7-25(23,24)15(11)9-14/h1-9H,(H,21,22)/b13-8+. The minimum absolute atomic E-state index is 0.114. The molecule has 2 aromatic rings. The summed E-state index contributed by atoms with van der Waals surface area (Å²) in [7, 11) is -3.48. The summed E-state index contributed by atoms with van der Waals surface area (Å²) in [5.74, 6) is -0.675. The Balaban J connectivity index is 1.88. The van der Waals surface area contributed by atoms with Gasteiger partial charge in [0.2, 0.25) is 9.84 Å². The van der Waals surface area contributed by atoms with Gasteiger partial charge in [0.1, 0.15) is 16.8 Å². The summed E-state index contributed by atoms with van der Waals surface area (Å²) in [5, 5.41) is 13.0. The first-order valence-electron chi connectivity index (χ1n) is 7.01. The van der Waals surface area contributed by atoms with Gasteiger partial charge in [-0.15, -0.1) is 0 Å². The molecule has 1 N–H and O–H groups in total. The Hall–Kier alpha value is -2.95. The van der Waals surface area contributed by atoms with Gasteiger partial charge in [-0.05, 0) is 35.9 Å². The van der Waals surface area contributed by atoms with Gasteiger partial charge in [0.05, 0.1) is 4.90 Å². The number of halogens is 1. The van der Waals surface area contributed by atoms with Crippen molar-refractivity contribution in [1.82, 2.24) is 4.98 Å². The highest BCUT2D eigenvalue weighted by Crippen LogP contribution is 2.29. The molecule has 0 saturated heterocycles. The maximum absolute atomic E-state index is 12.3. The van der Waals surface area contributed by atoms with Crippen LogP contribution in [-0.4, -0.2) is 19.3 Å². The first kappa shape index (κ1) is 16.9. The molecule has 0 aliphatic carbocycles. The van der Waals surface area contributed by atoms with Gasteiger partial charge < -0.3 is 5.32 Å². The second-order valence-corrected chi connectivity index (χ2v) is 7.27. The molecule has 124 valence electrons. The zero-order chi connectivity index (χ0) is 18.0. The second kappa shape index (κ2) is 6.51. The van der Waals surface area contributed by atoms with Gasteiger partial charge in [0.25, 0.3) is 5.91 Å². The van der Waals surface area contributed by atoms with Gasteiger partial charge >= 0.3 is 0 Å². The van der Waals surface area contributed by atoms with Crippen LogP contribution in [0.3, 0.4) is 0 Å². The Morgan fingerprint density at radius 3 is 2.84 bits per heavy atom. The van der Waals surface area contributed by atoms with Crippen molar-refractivity contribution in [3.8, 4) is 6.07 Å². The zero-order valence-electron chi connectivity index (χ0n) is 12.6. The average Bonchev–Trinajstić information content (AvgIpc) is 2.89. The largest absolute Gasteiger partial charge is 0.321 e. The van der Waals surface area contributed by atoms with E-state index in [1.807, 2.05) is 0 Å². The van der Waals surface area contributed by atoms with E-state index in [9.17, 15) is 18.5 Å². The van der Waals surface area contributed by atoms with Crippen LogP contribution in [0.1, 0.15) is 11.1 Å². The Morgan fingerprint density at radius 2 is 2.12 bits per heavy atom. The maximum Gasteiger partial charge on any atom is 0.266 e. The molecular weight excluding hydrogens is 362 g/mol. The summed E-state index contributed by atoms with van der Waals surface area (Å²) in [4.78, 5) is 16.3. The minimum atomic E-state index is -3.48. The number of nitrogens with zero attached hydrogens (tertiary/aromatic N) is 2. The van der Waals surface area contributed by atoms with Crippen molar-refractivity contribution < 1.29 is 13.2 Å². The van der Waals surface area contributed by atoms with Crippen molar-refractivity contribution in [1.29, 1.82) is 5.26 Å². The third kappa shape index (κ3) is 3.45. The SMILES string of the molecule is N#C/C(=C\c1cccnc1Cl)C(=O)Nc1ccc2c(c1)S(=O)(=O)C=C2. The van der Waals surface area contributed by atoms with E-state index in [-0.39, 0.29) is 21.3 Å². The van der Waals surface area contributed by atoms with Crippen LogP contribution >= 0.6 is 11.6 Å². The Bertz CT molecular complexity index is 1080. The fraction of sp³-hybridized carbons (Fsp3) is 0. The van der Waals surface area contributed by atoms with Crippen LogP contribution in [0, 0.1) is 11.3 Å². The van der Waals surface area contributed by atoms with Crippen molar-refractivity contribution in [2.45, 2.75) is 4.90 Å². The lowest BCUT2D eigenvalue weighted by molar-refractivity contribution is -0.112. The van der Waals surface area contributed by atoms with Crippen molar-refractivity contribution in [3.63, 3.8) is 0 Å². The van der Waals surface area contributed by atoms with Gasteiger partial charge in [-0.25, -0.2) is 13.4 Å². The van der Waals surface area contributed by atoms with E-state index in [1.54, 1.807) is 30.3 Å². The molecule has 0 radical (unpaired) electrons. The predicted octanol–water partition coefficient (Wildman–Crippen LogP) is 3.04. The highest BCUT2D eigenvalue weighted by molar-refractivity contribution is 7.94. The minimum Gasteiger partial charge on any atom is -0.321 e. The summed E-state index contributed by atoms with van der Waals surface area (Å²) in [5.41, 5.74) is 1.07. The van der Waals surface area contributed by atoms with Crippen molar-refractivity contribution >= 4 is 45.2 Å². The van der Waals surface area contributed by atoms with E-state index in [1.165, 1.54) is 24.4 Å². The number of hydrogen-bond acceptors (Lipinski definition) is 5. The highest BCUT2D eigenvalue weighted by atomic mass is 35.5. The van der Waals surface area contributed by atoms with Gasteiger partial charge in [0.15, 0.2) is 0 Å². The molecule has 0 atom stereocenters. The number of benzene rings is 1. The number of aromatic nitrogens is 1. The van der Waals surface area contributed by atoms with Gasteiger partial charge in [-0.2, -0.15) is 5.26 Å². The monoisotopic (exact) mass is 371 g/mol. The molecule has 6 nitrogen and oxygen atoms in total. The number of nitrogens with one attached hydrogen (secondary N) is 1. The van der Waals surface area contributed by atoms with Crippen LogP contribution < -0.4 is 5.32 Å². The first-order valence-corrected chi connectivity index (χ1v) is 8.94.